The smallest absolute Gasteiger partial charge is 0.0594 e. The molecule has 0 spiro atoms. The second-order valence-corrected chi connectivity index (χ2v) is 15.3. The van der Waals surface area contributed by atoms with Crippen molar-refractivity contribution in [2.45, 2.75) is 126 Å². The molecule has 0 aromatic rings. The first kappa shape index (κ1) is 22.5. The summed E-state index contributed by atoms with van der Waals surface area (Å²) in [6.07, 6.45) is 15.8. The molecule has 176 valence electrons. The summed E-state index contributed by atoms with van der Waals surface area (Å²) in [6.45, 7) is 20.4. The van der Waals surface area contributed by atoms with Gasteiger partial charge in [-0.1, -0.05) is 67.0 Å². The van der Waals surface area contributed by atoms with Crippen LogP contribution < -0.4 is 0 Å². The third-order valence-electron chi connectivity index (χ3n) is 12.7. The summed E-state index contributed by atoms with van der Waals surface area (Å²) in [5.41, 5.74) is 4.07. The molecule has 0 bridgehead atoms. The Balaban J connectivity index is 1.56. The molecule has 8 atom stereocenters. The van der Waals surface area contributed by atoms with E-state index in [1.54, 1.807) is 0 Å². The van der Waals surface area contributed by atoms with Crippen molar-refractivity contribution in [3.8, 4) is 0 Å². The molecule has 1 unspecified atom stereocenters. The fourth-order valence-corrected chi connectivity index (χ4v) is 10.8. The normalized spacial score (nSPS) is 55.2. The molecular weight excluding hydrogens is 376 g/mol. The van der Waals surface area contributed by atoms with E-state index in [1.807, 2.05) is 5.57 Å². The van der Waals surface area contributed by atoms with Gasteiger partial charge in [-0.3, -0.25) is 0 Å². The Hall–Kier alpha value is -0.300. The van der Waals surface area contributed by atoms with Gasteiger partial charge < -0.3 is 5.11 Å². The van der Waals surface area contributed by atoms with Crippen LogP contribution in [0.1, 0.15) is 120 Å². The summed E-state index contributed by atoms with van der Waals surface area (Å²) in [4.78, 5) is 0. The van der Waals surface area contributed by atoms with Crippen molar-refractivity contribution >= 4 is 0 Å². The fraction of sp³-hybridized carbons (Fsp3) is 0.933. The number of rotatable bonds is 0. The molecule has 0 radical (unpaired) electrons. The van der Waals surface area contributed by atoms with Crippen molar-refractivity contribution in [1.82, 2.24) is 0 Å². The molecule has 0 amide bonds. The monoisotopic (exact) mass is 426 g/mol. The van der Waals surface area contributed by atoms with Crippen LogP contribution in [0.25, 0.3) is 0 Å². The SMILES string of the molecule is CC1(C)CC[C@]2(C)CC=C3[C@]4(C)CCC5C(C)(C)[C@@H](O)CC[C@]5(C)[C@H]4CC[C@@]3(C)[C@@H]2C1. The van der Waals surface area contributed by atoms with E-state index in [0.717, 1.165) is 18.3 Å². The van der Waals surface area contributed by atoms with Gasteiger partial charge in [-0.15, -0.1) is 0 Å². The number of hydrogen-bond acceptors (Lipinski definition) is 1. The Bertz CT molecular complexity index is 790. The van der Waals surface area contributed by atoms with Crippen LogP contribution in [-0.2, 0) is 0 Å². The lowest BCUT2D eigenvalue weighted by Gasteiger charge is -2.70. The van der Waals surface area contributed by atoms with Crippen molar-refractivity contribution in [3.05, 3.63) is 11.6 Å². The van der Waals surface area contributed by atoms with Crippen LogP contribution in [0, 0.1) is 50.2 Å². The molecule has 1 heteroatoms. The van der Waals surface area contributed by atoms with E-state index in [0.29, 0.717) is 33.0 Å². The summed E-state index contributed by atoms with van der Waals surface area (Å²) in [5.74, 6) is 2.29. The highest BCUT2D eigenvalue weighted by atomic mass is 16.3. The van der Waals surface area contributed by atoms with Crippen LogP contribution in [-0.4, -0.2) is 11.2 Å². The minimum Gasteiger partial charge on any atom is -0.393 e. The highest BCUT2D eigenvalue weighted by Gasteiger charge is 2.66. The van der Waals surface area contributed by atoms with Crippen LogP contribution in [0.3, 0.4) is 0 Å². The van der Waals surface area contributed by atoms with Crippen LogP contribution in [0.2, 0.25) is 0 Å². The van der Waals surface area contributed by atoms with Gasteiger partial charge in [0.1, 0.15) is 0 Å². The largest absolute Gasteiger partial charge is 0.393 e. The zero-order valence-corrected chi connectivity index (χ0v) is 21.9. The molecule has 0 heterocycles. The number of hydrogen-bond donors (Lipinski definition) is 1. The van der Waals surface area contributed by atoms with E-state index in [-0.39, 0.29) is 11.5 Å². The van der Waals surface area contributed by atoms with Crippen molar-refractivity contribution in [2.75, 3.05) is 0 Å². The number of allylic oxidation sites excluding steroid dienone is 2. The van der Waals surface area contributed by atoms with Crippen LogP contribution in [0.4, 0.5) is 0 Å². The molecule has 1 nitrogen and oxygen atoms in total. The second kappa shape index (κ2) is 6.43. The lowest BCUT2D eigenvalue weighted by molar-refractivity contribution is -0.184. The first-order valence-electron chi connectivity index (χ1n) is 13.6. The Kier molecular flexibility index (Phi) is 4.66. The quantitative estimate of drug-likeness (QED) is 0.387. The predicted molar refractivity (Wildman–Crippen MR) is 131 cm³/mol. The Morgan fingerprint density at radius 1 is 0.710 bits per heavy atom. The highest BCUT2D eigenvalue weighted by molar-refractivity contribution is 5.34. The zero-order valence-electron chi connectivity index (χ0n) is 21.9. The van der Waals surface area contributed by atoms with Gasteiger partial charge in [0.25, 0.3) is 0 Å². The lowest BCUT2D eigenvalue weighted by atomic mass is 9.35. The molecule has 4 fully saturated rings. The van der Waals surface area contributed by atoms with E-state index in [4.69, 9.17) is 0 Å². The van der Waals surface area contributed by atoms with E-state index in [1.165, 1.54) is 57.8 Å². The lowest BCUT2D eigenvalue weighted by Crippen LogP contribution is -2.63. The molecular formula is C30H50O. The first-order chi connectivity index (χ1) is 14.2. The molecule has 5 aliphatic rings. The molecule has 5 aliphatic carbocycles. The Labute approximate surface area is 192 Å². The Morgan fingerprint density at radius 3 is 2.00 bits per heavy atom. The van der Waals surface area contributed by atoms with Gasteiger partial charge in [0, 0.05) is 0 Å². The van der Waals surface area contributed by atoms with Crippen LogP contribution >= 0.6 is 0 Å². The summed E-state index contributed by atoms with van der Waals surface area (Å²) in [7, 11) is 0. The molecule has 31 heavy (non-hydrogen) atoms. The van der Waals surface area contributed by atoms with Gasteiger partial charge >= 0.3 is 0 Å². The van der Waals surface area contributed by atoms with E-state index >= 15 is 0 Å². The minimum atomic E-state index is -0.122. The van der Waals surface area contributed by atoms with Crippen LogP contribution in [0.15, 0.2) is 11.6 Å². The predicted octanol–water partition coefficient (Wildman–Crippen LogP) is 8.17. The van der Waals surface area contributed by atoms with Gasteiger partial charge in [0.05, 0.1) is 6.10 Å². The third-order valence-corrected chi connectivity index (χ3v) is 12.7. The van der Waals surface area contributed by atoms with Gasteiger partial charge in [-0.2, -0.15) is 0 Å². The zero-order chi connectivity index (χ0) is 22.7. The highest BCUT2D eigenvalue weighted by Crippen LogP contribution is 2.74. The van der Waals surface area contributed by atoms with Crippen molar-refractivity contribution in [1.29, 1.82) is 0 Å². The molecule has 5 rings (SSSR count). The molecule has 0 aromatic carbocycles. The molecule has 1 N–H and O–H groups in total. The maximum atomic E-state index is 10.9. The van der Waals surface area contributed by atoms with Crippen molar-refractivity contribution < 1.29 is 5.11 Å². The van der Waals surface area contributed by atoms with Gasteiger partial charge in [-0.05, 0) is 114 Å². The van der Waals surface area contributed by atoms with E-state index < -0.39 is 0 Å². The van der Waals surface area contributed by atoms with Crippen molar-refractivity contribution in [3.63, 3.8) is 0 Å². The van der Waals surface area contributed by atoms with E-state index in [9.17, 15) is 5.11 Å². The Morgan fingerprint density at radius 2 is 1.32 bits per heavy atom. The summed E-state index contributed by atoms with van der Waals surface area (Å²) in [6, 6.07) is 0. The number of aliphatic hydroxyl groups excluding tert-OH is 1. The molecule has 4 saturated carbocycles. The average molecular weight is 427 g/mol. The summed E-state index contributed by atoms with van der Waals surface area (Å²) >= 11 is 0. The van der Waals surface area contributed by atoms with Crippen LogP contribution in [0.5, 0.6) is 0 Å². The number of aliphatic hydroxyl groups is 1. The summed E-state index contributed by atoms with van der Waals surface area (Å²) in [5, 5.41) is 10.9. The number of fused-ring (bicyclic) bond motifs is 7. The maximum absolute atomic E-state index is 10.9. The third kappa shape index (κ3) is 2.83. The first-order valence-corrected chi connectivity index (χ1v) is 13.6. The summed E-state index contributed by atoms with van der Waals surface area (Å²) < 4.78 is 0. The van der Waals surface area contributed by atoms with Gasteiger partial charge in [0.15, 0.2) is 0 Å². The average Bonchev–Trinajstić information content (AvgIpc) is 2.66. The van der Waals surface area contributed by atoms with Crippen molar-refractivity contribution in [2.24, 2.45) is 50.2 Å². The maximum Gasteiger partial charge on any atom is 0.0594 e. The molecule has 0 saturated heterocycles. The molecule has 0 aliphatic heterocycles. The van der Waals surface area contributed by atoms with Gasteiger partial charge in [-0.25, -0.2) is 0 Å². The minimum absolute atomic E-state index is 0.0575. The molecule has 0 aromatic heterocycles. The van der Waals surface area contributed by atoms with Gasteiger partial charge in [0.2, 0.25) is 0 Å². The topological polar surface area (TPSA) is 20.2 Å². The second-order valence-electron chi connectivity index (χ2n) is 15.3. The fourth-order valence-electron chi connectivity index (χ4n) is 10.8. The standard InChI is InChI=1S/C30H50O/c1-25(2)17-18-27(5)13-9-21-29(7)14-10-20-26(3,4)24(31)12-16-28(20,6)22(29)11-15-30(21,8)23(27)19-25/h9,20,22-24,31H,10-19H2,1-8H3/t20?,22-,23-,24+,27+,28+,29+,30-/m1/s1. The van der Waals surface area contributed by atoms with E-state index in [2.05, 4.69) is 61.5 Å².